The molecule has 0 aliphatic rings. The Labute approximate surface area is 852 Å². The monoisotopic (exact) mass is 1940 g/mol. The smallest absolute Gasteiger partial charge is 0.335 e. The summed E-state index contributed by atoms with van der Waals surface area (Å²) in [4.78, 5) is 103. The van der Waals surface area contributed by atoms with Crippen molar-refractivity contribution in [1.82, 2.24) is 49.8 Å². The summed E-state index contributed by atoms with van der Waals surface area (Å²) in [7, 11) is 0. The van der Waals surface area contributed by atoms with Gasteiger partial charge in [-0.25, -0.2) is 24.0 Å². The van der Waals surface area contributed by atoms with Gasteiger partial charge >= 0.3 is 29.8 Å². The number of aryl methyl sites for hydroxylation is 10. The number of carboxylic acid groups (broad SMARTS) is 5. The van der Waals surface area contributed by atoms with E-state index in [1.165, 1.54) is 199 Å². The van der Waals surface area contributed by atoms with Gasteiger partial charge in [-0.3, -0.25) is 49.8 Å². The zero-order valence-electron chi connectivity index (χ0n) is 88.5. The molecule has 0 bridgehead atoms. The number of benzene rings is 5. The zero-order valence-corrected chi connectivity index (χ0v) is 88.5. The van der Waals surface area contributed by atoms with E-state index in [-0.39, 0.29) is 0 Å². The largest absolute Gasteiger partial charge is 0.478 e. The van der Waals surface area contributed by atoms with Crippen molar-refractivity contribution in [3.63, 3.8) is 0 Å². The maximum Gasteiger partial charge on any atom is 0.335 e. The summed E-state index contributed by atoms with van der Waals surface area (Å²) >= 11 is 0. The van der Waals surface area contributed by atoms with Gasteiger partial charge < -0.3 is 25.5 Å². The van der Waals surface area contributed by atoms with Gasteiger partial charge in [0.1, 0.15) is 0 Å². The van der Waals surface area contributed by atoms with Crippen molar-refractivity contribution in [2.45, 2.75) is 435 Å². The molecule has 10 aromatic rings. The van der Waals surface area contributed by atoms with E-state index in [1.54, 1.807) is 42.7 Å². The number of carboxylic acids is 5. The van der Waals surface area contributed by atoms with Gasteiger partial charge in [0.25, 0.3) is 0 Å². The van der Waals surface area contributed by atoms with Crippen LogP contribution in [0.15, 0.2) is 153 Å². The minimum atomic E-state index is -0.859. The molecule has 5 aromatic heterocycles. The third-order valence-electron chi connectivity index (χ3n) is 26.3. The third-order valence-corrected chi connectivity index (χ3v) is 26.3. The lowest BCUT2D eigenvalue weighted by Gasteiger charge is -2.10. The van der Waals surface area contributed by atoms with Crippen LogP contribution >= 0.6 is 0 Å². The van der Waals surface area contributed by atoms with Crippen LogP contribution in [0.25, 0.3) is 56.3 Å². The average molecular weight is 1940 g/mol. The van der Waals surface area contributed by atoms with Crippen molar-refractivity contribution < 1.29 is 49.5 Å². The molecule has 20 heteroatoms. The number of aromatic carboxylic acids is 5. The molecule has 20 nitrogen and oxygen atoms in total. The van der Waals surface area contributed by atoms with Gasteiger partial charge in [-0.15, -0.1) is 0 Å². The van der Waals surface area contributed by atoms with Crippen molar-refractivity contribution in [2.24, 2.45) is 0 Å². The fraction of sp³-hybridized carbons (Fsp3) is 0.549. The minimum absolute atomic E-state index is 0.401. The van der Waals surface area contributed by atoms with E-state index in [4.69, 9.17) is 0 Å². The quantitative estimate of drug-likeness (QED) is 0.0221. The second-order valence-electron chi connectivity index (χ2n) is 38.4. The topological polar surface area (TPSA) is 315 Å². The molecule has 772 valence electrons. The molecular weight excluding hydrogens is 1770 g/mol. The minimum Gasteiger partial charge on any atom is -0.478 e. The molecule has 0 saturated carbocycles. The Morgan fingerprint density at radius 2 is 0.324 bits per heavy atom. The number of rotatable bonds is 67. The third kappa shape index (κ3) is 47.4. The van der Waals surface area contributed by atoms with Crippen molar-refractivity contribution in [3.05, 3.63) is 237 Å². The highest BCUT2D eigenvalue weighted by Gasteiger charge is 2.20. The van der Waals surface area contributed by atoms with Crippen LogP contribution in [0.5, 0.6) is 0 Å². The molecule has 0 aliphatic heterocycles. The molecule has 10 rings (SSSR count). The van der Waals surface area contributed by atoms with E-state index in [9.17, 15) is 49.5 Å². The molecule has 0 amide bonds. The van der Waals surface area contributed by atoms with Crippen LogP contribution in [0.1, 0.15) is 479 Å². The Bertz CT molecular complexity index is 5140. The predicted octanol–water partition coefficient (Wildman–Crippen LogP) is 33.2. The lowest BCUT2D eigenvalue weighted by Crippen LogP contribution is -2.03. The van der Waals surface area contributed by atoms with Crippen LogP contribution in [0.2, 0.25) is 0 Å². The Morgan fingerprint density at radius 3 is 0.493 bits per heavy atom. The SMILES string of the molecule is CCCCCCCCc1cc(-c2cnc(CCC)cn2)ccc1C(=O)O.CCCCCCCCc1cc(-c2cnc(CCCC)cn2)ccc1C(=O)O.CCCCCCCCc1cc(-c2cnc(CCCCC)cn2)ccc1C(=O)O.CCCCCCCCc1cc(-c2cnc(CCCCCCC)cn2)ccc1C(=O)O.CCCCCCCCc1cnc(-c2ccc(C(=O)O)c(CCCCCCCC)c2)cn1. The second kappa shape index (κ2) is 73.9. The number of nitrogens with zero attached hydrogens (tertiary/aromatic N) is 10. The Balaban J connectivity index is 0.000000272. The van der Waals surface area contributed by atoms with Crippen LogP contribution in [0.3, 0.4) is 0 Å². The molecule has 0 saturated heterocycles. The molecule has 5 aromatic carbocycles. The fourth-order valence-corrected chi connectivity index (χ4v) is 17.7. The first-order chi connectivity index (χ1) is 69.3. The first kappa shape index (κ1) is 120. The van der Waals surface area contributed by atoms with Gasteiger partial charge in [-0.1, -0.05) is 344 Å². The highest BCUT2D eigenvalue weighted by Crippen LogP contribution is 2.31. The van der Waals surface area contributed by atoms with Gasteiger partial charge in [-0.05, 0) is 210 Å². The maximum atomic E-state index is 11.6. The summed E-state index contributed by atoms with van der Waals surface area (Å²) in [5.74, 6) is -4.28. The number of hydrogen-bond donors (Lipinski definition) is 5. The molecule has 5 heterocycles. The number of aromatic nitrogens is 10. The zero-order chi connectivity index (χ0) is 102. The standard InChI is InChI=1S/C27H40N2O2.C26H38N2O2.C24H34N2O2.C23H32N2O2.C22H30N2O2/c1-3-5-7-9-11-13-15-22-19-23(17-18-25(22)27(30)31)26-21-28-24(20-29-26)16-14-12-10-8-6-4-2;1-3-5-7-9-11-12-14-21-18-22(16-17-24(21)26(29)30)25-20-27-23(19-28-25)15-13-10-8-6-4-2;1-3-5-7-8-9-11-12-19-16-20(14-15-22(19)24(27)28)23-18-25-21(17-26-23)13-10-6-4-2;1-3-5-7-8-9-10-11-18-15-19(13-14-21(18)23(26)27)22-17-24-20(16-25-22)12-6-4-2;1-3-5-6-7-8-9-11-17-14-18(12-13-20(17)22(25)26)21-16-23-19(10-4-2)15-24-21/h17-21H,3-16H2,1-2H3,(H,30,31);16-20H,3-15H2,1-2H3,(H,29,30);14-18H,3-13H2,1-2H3,(H,27,28);13-17H,3-12H2,1-2H3,(H,26,27);12-16H,3-11H2,1-2H3,(H,25,26). The molecule has 0 aliphatic carbocycles. The highest BCUT2D eigenvalue weighted by molar-refractivity contribution is 5.93. The lowest BCUT2D eigenvalue weighted by molar-refractivity contribution is 0.0684. The van der Waals surface area contributed by atoms with E-state index in [0.29, 0.717) is 27.8 Å². The van der Waals surface area contributed by atoms with Crippen molar-refractivity contribution in [2.75, 3.05) is 0 Å². The van der Waals surface area contributed by atoms with Crippen molar-refractivity contribution in [1.29, 1.82) is 0 Å². The molecule has 0 atom stereocenters. The predicted molar refractivity (Wildman–Crippen MR) is 583 cm³/mol. The van der Waals surface area contributed by atoms with Crippen LogP contribution in [-0.2, 0) is 64.2 Å². The van der Waals surface area contributed by atoms with E-state index < -0.39 is 29.8 Å². The van der Waals surface area contributed by atoms with Gasteiger partial charge in [-0.2, -0.15) is 0 Å². The molecule has 5 N–H and O–H groups in total. The van der Waals surface area contributed by atoms with Crippen LogP contribution in [0.4, 0.5) is 0 Å². The van der Waals surface area contributed by atoms with Crippen molar-refractivity contribution in [3.8, 4) is 56.3 Å². The van der Waals surface area contributed by atoms with Crippen LogP contribution in [-0.4, -0.2) is 105 Å². The first-order valence-corrected chi connectivity index (χ1v) is 55.1. The van der Waals surface area contributed by atoms with Gasteiger partial charge in [0.15, 0.2) is 0 Å². The second-order valence-corrected chi connectivity index (χ2v) is 38.4. The van der Waals surface area contributed by atoms with Crippen LogP contribution < -0.4 is 0 Å². The van der Waals surface area contributed by atoms with E-state index in [1.807, 2.05) is 110 Å². The van der Waals surface area contributed by atoms with Gasteiger partial charge in [0.05, 0.1) is 116 Å². The fourth-order valence-electron chi connectivity index (χ4n) is 17.7. The summed E-state index contributed by atoms with van der Waals surface area (Å²) in [6.45, 7) is 22.0. The van der Waals surface area contributed by atoms with E-state index in [2.05, 4.69) is 119 Å². The summed E-state index contributed by atoms with van der Waals surface area (Å²) < 4.78 is 0. The Morgan fingerprint density at radius 1 is 0.169 bits per heavy atom. The normalized spacial score (nSPS) is 10.9. The summed E-state index contributed by atoms with van der Waals surface area (Å²) in [6.07, 6.45) is 83.7. The summed E-state index contributed by atoms with van der Waals surface area (Å²) in [6, 6.07) is 27.7. The molecular formula is C122H174N10O10. The number of hydrogen-bond acceptors (Lipinski definition) is 15. The van der Waals surface area contributed by atoms with Crippen LogP contribution in [0, 0.1) is 0 Å². The maximum absolute atomic E-state index is 11.6. The number of unbranched alkanes of at least 4 members (excludes halogenated alkanes) is 37. The molecule has 0 unspecified atom stereocenters. The first-order valence-electron chi connectivity index (χ1n) is 55.1. The molecule has 142 heavy (non-hydrogen) atoms. The Hall–Kier alpha value is -11.2. The molecule has 0 radical (unpaired) electrons. The Kier molecular flexibility index (Phi) is 62.2. The van der Waals surface area contributed by atoms with Gasteiger partial charge in [0, 0.05) is 58.8 Å². The van der Waals surface area contributed by atoms with Gasteiger partial charge in [0.2, 0.25) is 0 Å². The molecule has 0 fully saturated rings. The van der Waals surface area contributed by atoms with E-state index in [0.717, 1.165) is 280 Å². The lowest BCUT2D eigenvalue weighted by atomic mass is 9.97. The summed E-state index contributed by atoms with van der Waals surface area (Å²) in [5.41, 5.74) is 20.3. The average Bonchev–Trinajstić information content (AvgIpc) is 0.840. The summed E-state index contributed by atoms with van der Waals surface area (Å²) in [5, 5.41) is 47.6. The number of carbonyl (C=O) groups is 5. The molecule has 0 spiro atoms. The highest BCUT2D eigenvalue weighted by atomic mass is 16.4. The van der Waals surface area contributed by atoms with E-state index >= 15 is 0 Å². The van der Waals surface area contributed by atoms with Crippen molar-refractivity contribution >= 4 is 29.8 Å².